The Bertz CT molecular complexity index is 1160. The standard InChI is InChI=1S/C32H37ClN2O2/c1-2-24-15-17-25(18-16-24)19-20-31(36)35(23-27-11-8-12-28(33)21-27)30(22-26-9-4-3-5-10-26)32(37)34-29-13-6-7-14-29/h3-5,8-12,15-18,21,29-30H,2,6-7,13-14,19-20,22-23H2,1H3,(H,34,37)/t30-/m0/s1. The number of hydrogen-bond acceptors (Lipinski definition) is 2. The second-order valence-corrected chi connectivity index (χ2v) is 10.5. The van der Waals surface area contributed by atoms with Gasteiger partial charge in [0.25, 0.3) is 0 Å². The van der Waals surface area contributed by atoms with E-state index < -0.39 is 6.04 Å². The lowest BCUT2D eigenvalue weighted by Crippen LogP contribution is -2.52. The fraction of sp³-hybridized carbons (Fsp3) is 0.375. The average molecular weight is 517 g/mol. The van der Waals surface area contributed by atoms with Crippen molar-refractivity contribution in [1.82, 2.24) is 10.2 Å². The molecule has 3 aromatic carbocycles. The number of carbonyl (C=O) groups is 2. The summed E-state index contributed by atoms with van der Waals surface area (Å²) in [5, 5.41) is 3.88. The molecule has 1 aliphatic carbocycles. The molecule has 1 saturated carbocycles. The van der Waals surface area contributed by atoms with Gasteiger partial charge in [0, 0.05) is 30.5 Å². The summed E-state index contributed by atoms with van der Waals surface area (Å²) in [6.07, 6.45) is 6.71. The number of benzene rings is 3. The Morgan fingerprint density at radius 2 is 1.57 bits per heavy atom. The van der Waals surface area contributed by atoms with E-state index in [1.165, 1.54) is 5.56 Å². The number of amides is 2. The molecule has 0 aromatic heterocycles. The molecule has 0 radical (unpaired) electrons. The molecule has 37 heavy (non-hydrogen) atoms. The first-order chi connectivity index (χ1) is 18.0. The van der Waals surface area contributed by atoms with Crippen LogP contribution in [-0.4, -0.2) is 28.8 Å². The van der Waals surface area contributed by atoms with Crippen LogP contribution in [0, 0.1) is 0 Å². The highest BCUT2D eigenvalue weighted by Crippen LogP contribution is 2.22. The van der Waals surface area contributed by atoms with Crippen molar-refractivity contribution in [1.29, 1.82) is 0 Å². The average Bonchev–Trinajstić information content (AvgIpc) is 3.43. The van der Waals surface area contributed by atoms with E-state index in [-0.39, 0.29) is 17.9 Å². The molecule has 1 aliphatic rings. The fourth-order valence-electron chi connectivity index (χ4n) is 5.09. The lowest BCUT2D eigenvalue weighted by atomic mass is 10.0. The molecular weight excluding hydrogens is 480 g/mol. The van der Waals surface area contributed by atoms with Gasteiger partial charge in [0.15, 0.2) is 0 Å². The van der Waals surface area contributed by atoms with Crippen LogP contribution < -0.4 is 5.32 Å². The predicted octanol–water partition coefficient (Wildman–Crippen LogP) is 6.53. The topological polar surface area (TPSA) is 49.4 Å². The van der Waals surface area contributed by atoms with E-state index in [0.717, 1.165) is 48.8 Å². The minimum atomic E-state index is -0.600. The van der Waals surface area contributed by atoms with Gasteiger partial charge in [-0.15, -0.1) is 0 Å². The highest BCUT2D eigenvalue weighted by Gasteiger charge is 2.32. The first kappa shape index (κ1) is 26.9. The summed E-state index contributed by atoms with van der Waals surface area (Å²) < 4.78 is 0. The number of aryl methyl sites for hydroxylation is 2. The lowest BCUT2D eigenvalue weighted by molar-refractivity contribution is -0.141. The van der Waals surface area contributed by atoms with E-state index in [9.17, 15) is 9.59 Å². The van der Waals surface area contributed by atoms with Crippen LogP contribution in [0.15, 0.2) is 78.9 Å². The van der Waals surface area contributed by atoms with Gasteiger partial charge in [-0.1, -0.05) is 98.1 Å². The summed E-state index contributed by atoms with van der Waals surface area (Å²) >= 11 is 6.28. The maximum Gasteiger partial charge on any atom is 0.243 e. The molecule has 1 fully saturated rings. The number of nitrogens with one attached hydrogen (secondary N) is 1. The number of nitrogens with zero attached hydrogens (tertiary/aromatic N) is 1. The van der Waals surface area contributed by atoms with E-state index in [4.69, 9.17) is 11.6 Å². The highest BCUT2D eigenvalue weighted by molar-refractivity contribution is 6.30. The van der Waals surface area contributed by atoms with Crippen molar-refractivity contribution in [3.63, 3.8) is 0 Å². The van der Waals surface area contributed by atoms with Crippen LogP contribution in [0.3, 0.4) is 0 Å². The van der Waals surface area contributed by atoms with Gasteiger partial charge < -0.3 is 10.2 Å². The van der Waals surface area contributed by atoms with E-state index in [0.29, 0.717) is 30.8 Å². The Hall–Kier alpha value is -3.11. The van der Waals surface area contributed by atoms with Crippen LogP contribution in [-0.2, 0) is 35.4 Å². The second kappa shape index (κ2) is 13.4. The second-order valence-electron chi connectivity index (χ2n) is 10.0. The summed E-state index contributed by atoms with van der Waals surface area (Å²) in [6, 6.07) is 25.5. The van der Waals surface area contributed by atoms with E-state index in [1.54, 1.807) is 4.90 Å². The maximum absolute atomic E-state index is 13.8. The molecule has 0 aliphatic heterocycles. The zero-order valence-electron chi connectivity index (χ0n) is 21.7. The van der Waals surface area contributed by atoms with E-state index >= 15 is 0 Å². The van der Waals surface area contributed by atoms with Crippen LogP contribution in [0.2, 0.25) is 5.02 Å². The molecule has 194 valence electrons. The van der Waals surface area contributed by atoms with Gasteiger partial charge in [-0.05, 0) is 60.1 Å². The summed E-state index contributed by atoms with van der Waals surface area (Å²) in [5.41, 5.74) is 4.36. The van der Waals surface area contributed by atoms with Crippen molar-refractivity contribution in [2.24, 2.45) is 0 Å². The molecule has 1 N–H and O–H groups in total. The minimum Gasteiger partial charge on any atom is -0.352 e. The summed E-state index contributed by atoms with van der Waals surface area (Å²) in [6.45, 7) is 2.47. The maximum atomic E-state index is 13.8. The molecule has 3 aromatic rings. The first-order valence-corrected chi connectivity index (χ1v) is 13.9. The molecule has 0 bridgehead atoms. The van der Waals surface area contributed by atoms with Gasteiger partial charge in [0.1, 0.15) is 6.04 Å². The molecule has 2 amide bonds. The molecule has 5 heteroatoms. The minimum absolute atomic E-state index is 0.0259. The van der Waals surface area contributed by atoms with Gasteiger partial charge in [0.2, 0.25) is 11.8 Å². The molecule has 1 atom stereocenters. The van der Waals surface area contributed by atoms with Gasteiger partial charge in [-0.25, -0.2) is 0 Å². The summed E-state index contributed by atoms with van der Waals surface area (Å²) in [4.78, 5) is 29.3. The van der Waals surface area contributed by atoms with Gasteiger partial charge in [-0.3, -0.25) is 9.59 Å². The predicted molar refractivity (Wildman–Crippen MR) is 150 cm³/mol. The van der Waals surface area contributed by atoms with Crippen LogP contribution >= 0.6 is 11.6 Å². The van der Waals surface area contributed by atoms with Crippen molar-refractivity contribution in [3.8, 4) is 0 Å². The Morgan fingerprint density at radius 1 is 0.892 bits per heavy atom. The largest absolute Gasteiger partial charge is 0.352 e. The third-order valence-corrected chi connectivity index (χ3v) is 7.51. The fourth-order valence-corrected chi connectivity index (χ4v) is 5.30. The molecule has 0 saturated heterocycles. The zero-order valence-corrected chi connectivity index (χ0v) is 22.4. The van der Waals surface area contributed by atoms with Gasteiger partial charge in [0.05, 0.1) is 0 Å². The highest BCUT2D eigenvalue weighted by atomic mass is 35.5. The number of carbonyl (C=O) groups excluding carboxylic acids is 2. The molecule has 4 rings (SSSR count). The van der Waals surface area contributed by atoms with Crippen molar-refractivity contribution in [2.75, 3.05) is 0 Å². The normalized spacial score (nSPS) is 14.3. The van der Waals surface area contributed by atoms with Crippen LogP contribution in [0.25, 0.3) is 0 Å². The third-order valence-electron chi connectivity index (χ3n) is 7.27. The molecule has 0 unspecified atom stereocenters. The summed E-state index contributed by atoms with van der Waals surface area (Å²) in [7, 11) is 0. The van der Waals surface area contributed by atoms with Crippen LogP contribution in [0.1, 0.15) is 61.3 Å². The van der Waals surface area contributed by atoms with E-state index in [2.05, 4.69) is 36.5 Å². The summed E-state index contributed by atoms with van der Waals surface area (Å²) in [5.74, 6) is -0.0968. The zero-order chi connectivity index (χ0) is 26.0. The van der Waals surface area contributed by atoms with Crippen molar-refractivity contribution < 1.29 is 9.59 Å². The molecular formula is C32H37ClN2O2. The smallest absolute Gasteiger partial charge is 0.243 e. The van der Waals surface area contributed by atoms with Crippen LogP contribution in [0.4, 0.5) is 0 Å². The van der Waals surface area contributed by atoms with Crippen molar-refractivity contribution in [3.05, 3.63) is 106 Å². The Kier molecular flexibility index (Phi) is 9.78. The monoisotopic (exact) mass is 516 g/mol. The van der Waals surface area contributed by atoms with Gasteiger partial charge >= 0.3 is 0 Å². The van der Waals surface area contributed by atoms with Gasteiger partial charge in [-0.2, -0.15) is 0 Å². The number of rotatable bonds is 11. The Balaban J connectivity index is 1.59. The number of halogens is 1. The Labute approximate surface area is 226 Å². The van der Waals surface area contributed by atoms with E-state index in [1.807, 2.05) is 54.6 Å². The third kappa shape index (κ3) is 7.93. The molecule has 0 spiro atoms. The molecule has 0 heterocycles. The Morgan fingerprint density at radius 3 is 2.24 bits per heavy atom. The lowest BCUT2D eigenvalue weighted by Gasteiger charge is -2.32. The van der Waals surface area contributed by atoms with Crippen LogP contribution in [0.5, 0.6) is 0 Å². The SMILES string of the molecule is CCc1ccc(CCC(=O)N(Cc2cccc(Cl)c2)[C@@H](Cc2ccccc2)C(=O)NC2CCCC2)cc1. The van der Waals surface area contributed by atoms with Crippen molar-refractivity contribution in [2.45, 2.75) is 76.9 Å². The number of hydrogen-bond donors (Lipinski definition) is 1. The first-order valence-electron chi connectivity index (χ1n) is 13.5. The molecule has 4 nitrogen and oxygen atoms in total. The quantitative estimate of drug-likeness (QED) is 0.315. The van der Waals surface area contributed by atoms with Crippen molar-refractivity contribution >= 4 is 23.4 Å².